The van der Waals surface area contributed by atoms with Crippen LogP contribution in [0.5, 0.6) is 5.88 Å². The van der Waals surface area contributed by atoms with E-state index in [0.29, 0.717) is 48.7 Å². The summed E-state index contributed by atoms with van der Waals surface area (Å²) < 4.78 is 58.3. The number of likely N-dealkylation sites (tertiary alicyclic amines) is 1. The minimum Gasteiger partial charge on any atom is -0.470 e. The van der Waals surface area contributed by atoms with Gasteiger partial charge in [0.05, 0.1) is 17.2 Å². The highest BCUT2D eigenvalue weighted by atomic mass is 19.4. The third-order valence-corrected chi connectivity index (χ3v) is 5.62. The second kappa shape index (κ2) is 9.32. The summed E-state index contributed by atoms with van der Waals surface area (Å²) in [6, 6.07) is 4.98. The van der Waals surface area contributed by atoms with Crippen LogP contribution < -0.4 is 4.74 Å². The van der Waals surface area contributed by atoms with Crippen molar-refractivity contribution in [3.63, 3.8) is 0 Å². The van der Waals surface area contributed by atoms with E-state index in [4.69, 9.17) is 4.74 Å². The largest absolute Gasteiger partial charge is 0.470 e. The predicted molar refractivity (Wildman–Crippen MR) is 113 cm³/mol. The van der Waals surface area contributed by atoms with Gasteiger partial charge in [0.25, 0.3) is 11.8 Å². The molecule has 0 aliphatic carbocycles. The van der Waals surface area contributed by atoms with Crippen molar-refractivity contribution in [1.82, 2.24) is 24.8 Å². The Morgan fingerprint density at radius 1 is 1.18 bits per heavy atom. The molecule has 1 fully saturated rings. The van der Waals surface area contributed by atoms with E-state index >= 15 is 0 Å². The van der Waals surface area contributed by atoms with Gasteiger partial charge in [0, 0.05) is 30.8 Å². The summed E-state index contributed by atoms with van der Waals surface area (Å²) in [6.45, 7) is 3.91. The zero-order valence-corrected chi connectivity index (χ0v) is 18.4. The molecule has 7 nitrogen and oxygen atoms in total. The lowest BCUT2D eigenvalue weighted by molar-refractivity contribution is -0.138. The van der Waals surface area contributed by atoms with Gasteiger partial charge >= 0.3 is 6.18 Å². The van der Waals surface area contributed by atoms with Crippen LogP contribution in [0.4, 0.5) is 17.6 Å². The molecule has 3 aromatic heterocycles. The highest BCUT2D eigenvalue weighted by molar-refractivity contribution is 5.98. The number of nitrogens with zero attached hydrogens (tertiary/aromatic N) is 5. The number of halogens is 4. The van der Waals surface area contributed by atoms with Crippen molar-refractivity contribution < 1.29 is 27.1 Å². The molecule has 0 saturated carbocycles. The molecule has 2 atom stereocenters. The van der Waals surface area contributed by atoms with Gasteiger partial charge in [0.2, 0.25) is 0 Å². The summed E-state index contributed by atoms with van der Waals surface area (Å²) >= 11 is 0. The zero-order valence-electron chi connectivity index (χ0n) is 18.4. The molecule has 1 aliphatic heterocycles. The van der Waals surface area contributed by atoms with Crippen molar-refractivity contribution in [1.29, 1.82) is 0 Å². The first-order valence-corrected chi connectivity index (χ1v) is 10.6. The maximum absolute atomic E-state index is 14.3. The predicted octanol–water partition coefficient (Wildman–Crippen LogP) is 4.47. The molecule has 11 heteroatoms. The standard InChI is InChI=1S/C23H21F4N5O2/c1-13-6-7-16(20-28-8-4-9-29-20)19(31-13)22(33)32-10-3-5-18(14(32)2)34-21-17(24)11-15(12-30-21)23(25,26)27/h4,6-9,11-12,14,18H,3,5,10H2,1-2H3. The first-order chi connectivity index (χ1) is 16.1. The first kappa shape index (κ1) is 23.5. The molecule has 178 valence electrons. The quantitative estimate of drug-likeness (QED) is 0.518. The van der Waals surface area contributed by atoms with Crippen molar-refractivity contribution >= 4 is 5.91 Å². The third kappa shape index (κ3) is 4.82. The molecule has 1 aliphatic rings. The Balaban J connectivity index is 1.58. The van der Waals surface area contributed by atoms with Gasteiger partial charge in [-0.2, -0.15) is 13.2 Å². The molecule has 0 aromatic carbocycles. The number of aryl methyl sites for hydroxylation is 1. The van der Waals surface area contributed by atoms with Crippen molar-refractivity contribution in [2.45, 2.75) is 45.0 Å². The van der Waals surface area contributed by atoms with Gasteiger partial charge < -0.3 is 9.64 Å². The number of carbonyl (C=O) groups is 1. The van der Waals surface area contributed by atoms with Crippen LogP contribution in [0.2, 0.25) is 0 Å². The maximum Gasteiger partial charge on any atom is 0.417 e. The van der Waals surface area contributed by atoms with E-state index in [2.05, 4.69) is 19.9 Å². The molecule has 0 N–H and O–H groups in total. The third-order valence-electron chi connectivity index (χ3n) is 5.62. The lowest BCUT2D eigenvalue weighted by atomic mass is 9.98. The van der Waals surface area contributed by atoms with Gasteiger partial charge in [-0.3, -0.25) is 4.79 Å². The molecule has 0 bridgehead atoms. The summed E-state index contributed by atoms with van der Waals surface area (Å²) in [6.07, 6.45) is -0.704. The lowest BCUT2D eigenvalue weighted by Gasteiger charge is -2.39. The monoisotopic (exact) mass is 475 g/mol. The molecule has 1 saturated heterocycles. The van der Waals surface area contributed by atoms with E-state index in [1.807, 2.05) is 0 Å². The maximum atomic E-state index is 14.3. The van der Waals surface area contributed by atoms with Crippen molar-refractivity contribution in [3.8, 4) is 17.3 Å². The molecule has 34 heavy (non-hydrogen) atoms. The second-order valence-corrected chi connectivity index (χ2v) is 7.97. The fourth-order valence-electron chi connectivity index (χ4n) is 3.84. The number of hydrogen-bond donors (Lipinski definition) is 0. The number of aromatic nitrogens is 4. The van der Waals surface area contributed by atoms with Crippen LogP contribution in [-0.4, -0.2) is 49.4 Å². The fraction of sp³-hybridized carbons (Fsp3) is 0.348. The minimum absolute atomic E-state index is 0.178. The summed E-state index contributed by atoms with van der Waals surface area (Å²) in [5.74, 6) is -1.76. The number of amides is 1. The van der Waals surface area contributed by atoms with Crippen LogP contribution in [0.3, 0.4) is 0 Å². The van der Waals surface area contributed by atoms with Crippen LogP contribution in [0.1, 0.15) is 41.5 Å². The number of rotatable bonds is 4. The van der Waals surface area contributed by atoms with Crippen LogP contribution in [0.15, 0.2) is 42.9 Å². The molecular formula is C23H21F4N5O2. The van der Waals surface area contributed by atoms with E-state index < -0.39 is 35.6 Å². The molecule has 4 rings (SSSR count). The number of alkyl halides is 3. The van der Waals surface area contributed by atoms with Gasteiger partial charge in [0.1, 0.15) is 11.8 Å². The molecule has 0 spiro atoms. The SMILES string of the molecule is Cc1ccc(-c2ncccn2)c(C(=O)N2CCCC(Oc3ncc(C(F)(F)F)cc3F)C2C)n1. The van der Waals surface area contributed by atoms with E-state index in [-0.39, 0.29) is 11.6 Å². The van der Waals surface area contributed by atoms with Crippen molar-refractivity contribution in [2.24, 2.45) is 0 Å². The van der Waals surface area contributed by atoms with Crippen LogP contribution in [-0.2, 0) is 6.18 Å². The average molecular weight is 475 g/mol. The topological polar surface area (TPSA) is 81.1 Å². The smallest absolute Gasteiger partial charge is 0.417 e. The highest BCUT2D eigenvalue weighted by Gasteiger charge is 2.36. The number of ether oxygens (including phenoxy) is 1. The molecule has 1 amide bonds. The van der Waals surface area contributed by atoms with Gasteiger partial charge in [-0.25, -0.2) is 24.3 Å². The Labute approximate surface area is 192 Å². The van der Waals surface area contributed by atoms with E-state index in [1.165, 1.54) is 0 Å². The summed E-state index contributed by atoms with van der Waals surface area (Å²) in [5.41, 5.74) is 0.0861. The summed E-state index contributed by atoms with van der Waals surface area (Å²) in [5, 5.41) is 0. The molecule has 2 unspecified atom stereocenters. The number of hydrogen-bond acceptors (Lipinski definition) is 6. The van der Waals surface area contributed by atoms with E-state index in [1.54, 1.807) is 49.3 Å². The van der Waals surface area contributed by atoms with Crippen LogP contribution in [0, 0.1) is 12.7 Å². The highest BCUT2D eigenvalue weighted by Crippen LogP contribution is 2.32. The average Bonchev–Trinajstić information content (AvgIpc) is 2.81. The van der Waals surface area contributed by atoms with Crippen LogP contribution >= 0.6 is 0 Å². The Bertz CT molecular complexity index is 1190. The first-order valence-electron chi connectivity index (χ1n) is 10.6. The number of piperidine rings is 1. The normalized spacial score (nSPS) is 18.6. The number of pyridine rings is 2. The zero-order chi connectivity index (χ0) is 24.5. The van der Waals surface area contributed by atoms with E-state index in [9.17, 15) is 22.4 Å². The Morgan fingerprint density at radius 2 is 1.91 bits per heavy atom. The van der Waals surface area contributed by atoms with Crippen molar-refractivity contribution in [2.75, 3.05) is 6.54 Å². The second-order valence-electron chi connectivity index (χ2n) is 7.97. The molecule has 3 aromatic rings. The van der Waals surface area contributed by atoms with Gasteiger partial charge in [-0.15, -0.1) is 0 Å². The van der Waals surface area contributed by atoms with Gasteiger partial charge in [-0.1, -0.05) is 0 Å². The molecule has 4 heterocycles. The fourth-order valence-corrected chi connectivity index (χ4v) is 3.84. The minimum atomic E-state index is -4.71. The Kier molecular flexibility index (Phi) is 6.45. The van der Waals surface area contributed by atoms with Crippen molar-refractivity contribution in [3.05, 3.63) is 65.6 Å². The Hall–Kier alpha value is -3.63. The van der Waals surface area contributed by atoms with E-state index in [0.717, 1.165) is 0 Å². The van der Waals surface area contributed by atoms with Crippen LogP contribution in [0.25, 0.3) is 11.4 Å². The molecule has 0 radical (unpaired) electrons. The Morgan fingerprint density at radius 3 is 2.59 bits per heavy atom. The van der Waals surface area contributed by atoms with Gasteiger partial charge in [-0.05, 0) is 51.0 Å². The molecular weight excluding hydrogens is 454 g/mol. The summed E-state index contributed by atoms with van der Waals surface area (Å²) in [7, 11) is 0. The lowest BCUT2D eigenvalue weighted by Crippen LogP contribution is -2.51. The van der Waals surface area contributed by atoms with Gasteiger partial charge in [0.15, 0.2) is 11.6 Å². The summed E-state index contributed by atoms with van der Waals surface area (Å²) in [4.78, 5) is 31.4. The number of carbonyl (C=O) groups excluding carboxylic acids is 1.